The highest BCUT2D eigenvalue weighted by Crippen LogP contribution is 1.90. The predicted molar refractivity (Wildman–Crippen MR) is 175 cm³/mol. The monoisotopic (exact) mass is 713 g/mol. The lowest BCUT2D eigenvalue weighted by Gasteiger charge is -2.09. The summed E-state index contributed by atoms with van der Waals surface area (Å²) in [7, 11) is 0. The van der Waals surface area contributed by atoms with Crippen LogP contribution in [-0.4, -0.2) is 181 Å². The van der Waals surface area contributed by atoms with Gasteiger partial charge in [-0.15, -0.1) is 0 Å². The summed E-state index contributed by atoms with van der Waals surface area (Å²) >= 11 is 0. The lowest BCUT2D eigenvalue weighted by atomic mass is 10.3. The van der Waals surface area contributed by atoms with E-state index in [4.69, 9.17) is 61.9 Å². The van der Waals surface area contributed by atoms with Gasteiger partial charge in [-0.05, 0) is 6.42 Å². The number of nitrogens with one attached hydrogen (secondary N) is 1. The zero-order valence-corrected chi connectivity index (χ0v) is 28.9. The van der Waals surface area contributed by atoms with Gasteiger partial charge in [-0.25, -0.2) is 4.79 Å². The molecule has 0 aromatic heterocycles. The second kappa shape index (κ2) is 40.1. The molecule has 0 spiro atoms. The number of amides is 1. The Hall–Kier alpha value is -2.29. The first kappa shape index (κ1) is 46.7. The fourth-order valence-corrected chi connectivity index (χ4v) is 3.27. The summed E-state index contributed by atoms with van der Waals surface area (Å²) in [5, 5.41) is 11.2. The van der Waals surface area contributed by atoms with Crippen molar-refractivity contribution in [2.24, 2.45) is 0 Å². The van der Waals surface area contributed by atoms with Crippen LogP contribution in [0.4, 0.5) is 0 Å². The molecule has 0 aromatic rings. The van der Waals surface area contributed by atoms with Gasteiger partial charge < -0.3 is 67.3 Å². The van der Waals surface area contributed by atoms with Gasteiger partial charge in [0.1, 0.15) is 6.61 Å². The van der Waals surface area contributed by atoms with E-state index in [0.29, 0.717) is 158 Å². The normalized spacial score (nSPS) is 11.1. The number of aliphatic carboxylic acids is 1. The number of carbonyl (C=O) groups excluding carboxylic acids is 2. The average molecular weight is 714 g/mol. The number of hydrogen-bond donors (Lipinski definition) is 2. The molecule has 0 aromatic carbocycles. The third-order valence-corrected chi connectivity index (χ3v) is 5.71. The van der Waals surface area contributed by atoms with E-state index in [9.17, 15) is 14.4 Å². The van der Waals surface area contributed by atoms with Gasteiger partial charge in [0.05, 0.1) is 145 Å². The zero-order valence-electron chi connectivity index (χ0n) is 28.9. The first-order valence-electron chi connectivity index (χ1n) is 16.7. The van der Waals surface area contributed by atoms with Crippen molar-refractivity contribution in [3.05, 3.63) is 12.7 Å². The van der Waals surface area contributed by atoms with E-state index in [1.807, 2.05) is 0 Å². The third kappa shape index (κ3) is 41.8. The van der Waals surface area contributed by atoms with E-state index >= 15 is 0 Å². The van der Waals surface area contributed by atoms with Gasteiger partial charge in [0, 0.05) is 25.6 Å². The van der Waals surface area contributed by atoms with Crippen molar-refractivity contribution in [1.29, 1.82) is 0 Å². The van der Waals surface area contributed by atoms with E-state index in [-0.39, 0.29) is 25.4 Å². The molecule has 0 aliphatic carbocycles. The molecule has 0 aliphatic heterocycles. The second-order valence-corrected chi connectivity index (χ2v) is 9.70. The molecule has 0 bridgehead atoms. The molecule has 2 N–H and O–H groups in total. The summed E-state index contributed by atoms with van der Waals surface area (Å²) in [6.45, 7) is 14.0. The molecule has 0 aliphatic rings. The van der Waals surface area contributed by atoms with Gasteiger partial charge in [0.25, 0.3) is 0 Å². The molecule has 0 fully saturated rings. The Morgan fingerprint density at radius 2 is 0.735 bits per heavy atom. The molecule has 0 rings (SSSR count). The smallest absolute Gasteiger partial charge is 0.330 e. The highest BCUT2D eigenvalue weighted by molar-refractivity contribution is 5.81. The number of carbonyl (C=O) groups is 3. The van der Waals surface area contributed by atoms with Gasteiger partial charge in [0.15, 0.2) is 0 Å². The quantitative estimate of drug-likeness (QED) is 0.0498. The lowest BCUT2D eigenvalue weighted by Crippen LogP contribution is -2.25. The molecule has 0 unspecified atom stereocenters. The Balaban J connectivity index is 3.10. The first-order chi connectivity index (χ1) is 24.1. The van der Waals surface area contributed by atoms with Gasteiger partial charge in [0.2, 0.25) is 5.91 Å². The standard InChI is InChI=1S/C32H59NO16/c1-2-32(37)49-29-28-48-27-26-47-25-24-46-23-22-45-21-20-44-19-18-43-17-16-42-15-14-41-13-12-40-11-10-39-9-8-38-7-3-6-33-30(34)4-5-31(35)36/h2H,1,3-29H2,(H,33,34)(H,35,36). The molecule has 17 heteroatoms. The minimum atomic E-state index is -0.986. The molecule has 0 saturated carbocycles. The summed E-state index contributed by atoms with van der Waals surface area (Å²) in [4.78, 5) is 32.6. The van der Waals surface area contributed by atoms with E-state index in [1.165, 1.54) is 0 Å². The predicted octanol–water partition coefficient (Wildman–Crippen LogP) is 0.269. The Labute approximate surface area is 290 Å². The van der Waals surface area contributed by atoms with Crippen molar-refractivity contribution in [2.75, 3.05) is 159 Å². The van der Waals surface area contributed by atoms with Gasteiger partial charge in [-0.1, -0.05) is 6.58 Å². The minimum absolute atomic E-state index is 0.0141. The SMILES string of the molecule is C=CC(=O)OCCOCCOCCOCCOCCOCCOCCOCCOCCOCCOCCOCCCNC(=O)CCC(=O)O. The maximum Gasteiger partial charge on any atom is 0.330 e. The van der Waals surface area contributed by atoms with Crippen LogP contribution in [0.25, 0.3) is 0 Å². The topological polar surface area (TPSA) is 194 Å². The molecule has 49 heavy (non-hydrogen) atoms. The number of rotatable bonds is 41. The average Bonchev–Trinajstić information content (AvgIpc) is 3.10. The van der Waals surface area contributed by atoms with Crippen molar-refractivity contribution >= 4 is 17.8 Å². The van der Waals surface area contributed by atoms with Crippen LogP contribution in [0.15, 0.2) is 12.7 Å². The van der Waals surface area contributed by atoms with Crippen LogP contribution >= 0.6 is 0 Å². The van der Waals surface area contributed by atoms with Crippen LogP contribution in [-0.2, 0) is 71.2 Å². The van der Waals surface area contributed by atoms with Crippen LogP contribution in [0, 0.1) is 0 Å². The largest absolute Gasteiger partial charge is 0.481 e. The highest BCUT2D eigenvalue weighted by atomic mass is 16.6. The minimum Gasteiger partial charge on any atom is -0.481 e. The molecule has 0 heterocycles. The Morgan fingerprint density at radius 3 is 1.02 bits per heavy atom. The van der Waals surface area contributed by atoms with Crippen LogP contribution in [0.3, 0.4) is 0 Å². The fourth-order valence-electron chi connectivity index (χ4n) is 3.27. The maximum atomic E-state index is 11.4. The number of carboxylic acids is 1. The Morgan fingerprint density at radius 1 is 0.449 bits per heavy atom. The number of hydrogen-bond acceptors (Lipinski definition) is 15. The summed E-state index contributed by atoms with van der Waals surface area (Å²) in [6, 6.07) is 0. The molecule has 17 nitrogen and oxygen atoms in total. The highest BCUT2D eigenvalue weighted by Gasteiger charge is 2.04. The van der Waals surface area contributed by atoms with E-state index in [1.54, 1.807) is 0 Å². The van der Waals surface area contributed by atoms with Crippen molar-refractivity contribution in [3.63, 3.8) is 0 Å². The summed E-state index contributed by atoms with van der Waals surface area (Å²) in [5.74, 6) is -1.72. The van der Waals surface area contributed by atoms with Gasteiger partial charge in [-0.2, -0.15) is 0 Å². The lowest BCUT2D eigenvalue weighted by molar-refractivity contribution is -0.139. The van der Waals surface area contributed by atoms with Gasteiger partial charge >= 0.3 is 11.9 Å². The summed E-state index contributed by atoms with van der Waals surface area (Å²) in [6.07, 6.45) is 1.57. The summed E-state index contributed by atoms with van der Waals surface area (Å²) in [5.41, 5.74) is 0. The molecule has 1 amide bonds. The zero-order chi connectivity index (χ0) is 35.7. The van der Waals surface area contributed by atoms with Crippen LogP contribution in [0.5, 0.6) is 0 Å². The Bertz CT molecular complexity index is 761. The van der Waals surface area contributed by atoms with Crippen LogP contribution < -0.4 is 5.32 Å². The van der Waals surface area contributed by atoms with Gasteiger partial charge in [-0.3, -0.25) is 9.59 Å². The van der Waals surface area contributed by atoms with Crippen LogP contribution in [0.1, 0.15) is 19.3 Å². The third-order valence-electron chi connectivity index (χ3n) is 5.71. The van der Waals surface area contributed by atoms with E-state index in [2.05, 4.69) is 11.9 Å². The number of ether oxygens (including phenoxy) is 12. The van der Waals surface area contributed by atoms with E-state index < -0.39 is 11.9 Å². The molecular weight excluding hydrogens is 654 g/mol. The fraction of sp³-hybridized carbons (Fsp3) is 0.844. The van der Waals surface area contributed by atoms with E-state index in [0.717, 1.165) is 6.08 Å². The Kier molecular flexibility index (Phi) is 38.3. The van der Waals surface area contributed by atoms with Crippen molar-refractivity contribution < 1.29 is 76.3 Å². The molecule has 0 radical (unpaired) electrons. The van der Waals surface area contributed by atoms with Crippen molar-refractivity contribution in [2.45, 2.75) is 19.3 Å². The van der Waals surface area contributed by atoms with Crippen molar-refractivity contribution in [3.8, 4) is 0 Å². The molecule has 0 saturated heterocycles. The molecule has 0 atom stereocenters. The second-order valence-electron chi connectivity index (χ2n) is 9.70. The maximum absolute atomic E-state index is 11.4. The number of esters is 1. The number of carboxylic acid groups (broad SMARTS) is 1. The molecule has 288 valence electrons. The summed E-state index contributed by atoms with van der Waals surface area (Å²) < 4.78 is 64.4. The molecular formula is C32H59NO16. The first-order valence-corrected chi connectivity index (χ1v) is 16.7. The van der Waals surface area contributed by atoms with Crippen molar-refractivity contribution in [1.82, 2.24) is 5.32 Å². The van der Waals surface area contributed by atoms with Crippen LogP contribution in [0.2, 0.25) is 0 Å².